The Morgan fingerprint density at radius 3 is 1.78 bits per heavy atom. The summed E-state index contributed by atoms with van der Waals surface area (Å²) in [6.45, 7) is 5.86. The minimum Gasteiger partial charge on any atom is -0.384 e. The lowest BCUT2D eigenvalue weighted by atomic mass is 10.4. The van der Waals surface area contributed by atoms with E-state index in [4.69, 9.17) is 9.47 Å². The Bertz CT molecular complexity index is 442. The largest absolute Gasteiger partial charge is 0.384 e. The molecule has 0 aromatic heterocycles. The van der Waals surface area contributed by atoms with Gasteiger partial charge in [0.2, 0.25) is 0 Å². The lowest BCUT2D eigenvalue weighted by Crippen LogP contribution is -2.26. The molecular formula is C18H29O2P3. The fourth-order valence-corrected chi connectivity index (χ4v) is 11.9. The molecule has 1 heterocycles. The van der Waals surface area contributed by atoms with Crippen molar-refractivity contribution in [3.63, 3.8) is 0 Å². The smallest absolute Gasteiger partial charge is 0.0504 e. The van der Waals surface area contributed by atoms with Crippen LogP contribution >= 0.6 is 23.8 Å². The Balaban J connectivity index is 2.30. The second kappa shape index (κ2) is 10.9. The van der Waals surface area contributed by atoms with Gasteiger partial charge in [0.1, 0.15) is 0 Å². The molecule has 1 aromatic rings. The van der Waals surface area contributed by atoms with Crippen LogP contribution in [0.15, 0.2) is 36.7 Å². The standard InChI is InChI=1S/C18H29O2P3/c1-4-21-13-15-22(11-9-19-2)17-7-5-6-8-18(17)23(16-14-21)12-10-20-3/h4-8H,1,9-16H2,2-3H3. The van der Waals surface area contributed by atoms with E-state index in [-0.39, 0.29) is 23.8 Å². The lowest BCUT2D eigenvalue weighted by Gasteiger charge is -2.24. The minimum atomic E-state index is -0.109. The normalized spacial score (nSPS) is 25.0. The first-order chi connectivity index (χ1) is 11.3. The van der Waals surface area contributed by atoms with Crippen LogP contribution in [0.2, 0.25) is 0 Å². The van der Waals surface area contributed by atoms with Gasteiger partial charge in [-0.3, -0.25) is 0 Å². The third kappa shape index (κ3) is 5.88. The Kier molecular flexibility index (Phi) is 9.25. The van der Waals surface area contributed by atoms with Gasteiger partial charge in [0.25, 0.3) is 0 Å². The van der Waals surface area contributed by atoms with Crippen LogP contribution in [0.1, 0.15) is 0 Å². The van der Waals surface area contributed by atoms with Gasteiger partial charge in [-0.15, -0.1) is 0 Å². The van der Waals surface area contributed by atoms with Gasteiger partial charge in [-0.2, -0.15) is 0 Å². The molecule has 2 atom stereocenters. The van der Waals surface area contributed by atoms with Crippen molar-refractivity contribution in [2.45, 2.75) is 0 Å². The van der Waals surface area contributed by atoms with Gasteiger partial charge in [0.15, 0.2) is 0 Å². The lowest BCUT2D eigenvalue weighted by molar-refractivity contribution is 0.218. The van der Waals surface area contributed by atoms with E-state index in [1.165, 1.54) is 37.0 Å². The Hall–Kier alpha value is 0.170. The van der Waals surface area contributed by atoms with E-state index < -0.39 is 0 Å². The molecule has 1 aliphatic heterocycles. The molecule has 2 rings (SSSR count). The van der Waals surface area contributed by atoms with Crippen molar-refractivity contribution in [2.24, 2.45) is 0 Å². The van der Waals surface area contributed by atoms with Crippen LogP contribution in [0, 0.1) is 0 Å². The number of fused-ring (bicyclic) bond motifs is 1. The highest BCUT2D eigenvalue weighted by molar-refractivity contribution is 7.74. The molecule has 0 N–H and O–H groups in total. The van der Waals surface area contributed by atoms with Crippen LogP contribution in [-0.2, 0) is 9.47 Å². The molecule has 2 unspecified atom stereocenters. The number of hydrogen-bond donors (Lipinski definition) is 0. The van der Waals surface area contributed by atoms with Gasteiger partial charge in [0, 0.05) is 14.2 Å². The highest BCUT2D eigenvalue weighted by Crippen LogP contribution is 2.49. The first-order valence-corrected chi connectivity index (χ1v) is 13.4. The molecule has 0 saturated heterocycles. The topological polar surface area (TPSA) is 18.5 Å². The summed E-state index contributed by atoms with van der Waals surface area (Å²) < 4.78 is 10.8. The highest BCUT2D eigenvalue weighted by Gasteiger charge is 2.23. The summed E-state index contributed by atoms with van der Waals surface area (Å²) in [6, 6.07) is 9.22. The third-order valence-electron chi connectivity index (χ3n) is 4.27. The maximum absolute atomic E-state index is 5.39. The summed E-state index contributed by atoms with van der Waals surface area (Å²) in [7, 11) is 3.42. The molecule has 0 bridgehead atoms. The Labute approximate surface area is 145 Å². The maximum atomic E-state index is 5.39. The number of ether oxygens (including phenoxy) is 2. The molecule has 1 aliphatic rings. The Morgan fingerprint density at radius 1 is 0.913 bits per heavy atom. The number of hydrogen-bond acceptors (Lipinski definition) is 2. The molecule has 0 amide bonds. The van der Waals surface area contributed by atoms with Gasteiger partial charge >= 0.3 is 0 Å². The average molecular weight is 370 g/mol. The summed E-state index contributed by atoms with van der Waals surface area (Å²) in [6.07, 6.45) is 7.74. The van der Waals surface area contributed by atoms with E-state index in [0.717, 1.165) is 13.2 Å². The van der Waals surface area contributed by atoms with E-state index in [2.05, 4.69) is 36.7 Å². The first kappa shape index (κ1) is 19.5. The molecular weight excluding hydrogens is 341 g/mol. The fourth-order valence-electron chi connectivity index (χ4n) is 2.90. The van der Waals surface area contributed by atoms with Gasteiger partial charge in [-0.05, 0) is 47.6 Å². The van der Waals surface area contributed by atoms with Crippen LogP contribution in [-0.4, -0.2) is 64.4 Å². The summed E-state index contributed by atoms with van der Waals surface area (Å²) in [4.78, 5) is 0. The van der Waals surface area contributed by atoms with Gasteiger partial charge < -0.3 is 9.47 Å². The van der Waals surface area contributed by atoms with Crippen LogP contribution < -0.4 is 10.6 Å². The van der Waals surface area contributed by atoms with E-state index in [0.29, 0.717) is 0 Å². The van der Waals surface area contributed by atoms with E-state index >= 15 is 0 Å². The quantitative estimate of drug-likeness (QED) is 0.679. The van der Waals surface area contributed by atoms with Gasteiger partial charge in [-0.1, -0.05) is 60.4 Å². The highest BCUT2D eigenvalue weighted by atomic mass is 31.1. The maximum Gasteiger partial charge on any atom is 0.0504 e. The molecule has 0 spiro atoms. The second-order valence-corrected chi connectivity index (χ2v) is 13.0. The van der Waals surface area contributed by atoms with Crippen LogP contribution in [0.3, 0.4) is 0 Å². The van der Waals surface area contributed by atoms with Crippen molar-refractivity contribution in [3.05, 3.63) is 36.7 Å². The van der Waals surface area contributed by atoms with Crippen molar-refractivity contribution in [1.29, 1.82) is 0 Å². The van der Waals surface area contributed by atoms with E-state index in [1.54, 1.807) is 10.6 Å². The zero-order valence-corrected chi connectivity index (χ0v) is 17.1. The number of methoxy groups -OCH3 is 2. The molecule has 0 fully saturated rings. The monoisotopic (exact) mass is 370 g/mol. The predicted octanol–water partition coefficient (Wildman–Crippen LogP) is 3.83. The summed E-state index contributed by atoms with van der Waals surface area (Å²) >= 11 is 0. The molecule has 23 heavy (non-hydrogen) atoms. The molecule has 1 aromatic carbocycles. The molecule has 0 saturated carbocycles. The van der Waals surface area contributed by atoms with Crippen molar-refractivity contribution in [3.8, 4) is 0 Å². The SMILES string of the molecule is C=CP1CCP(CCOC)c2ccccc2P(CCOC)CC1. The number of benzene rings is 1. The summed E-state index contributed by atoms with van der Waals surface area (Å²) in [5.41, 5.74) is 0. The number of rotatable bonds is 7. The van der Waals surface area contributed by atoms with Gasteiger partial charge in [-0.25, -0.2) is 0 Å². The zero-order valence-electron chi connectivity index (χ0n) is 14.4. The van der Waals surface area contributed by atoms with Gasteiger partial charge in [0.05, 0.1) is 13.2 Å². The zero-order chi connectivity index (χ0) is 16.5. The first-order valence-electron chi connectivity index (χ1n) is 8.23. The van der Waals surface area contributed by atoms with Crippen LogP contribution in [0.4, 0.5) is 0 Å². The van der Waals surface area contributed by atoms with E-state index in [9.17, 15) is 0 Å². The summed E-state index contributed by atoms with van der Waals surface area (Å²) in [5, 5.41) is 3.28. The second-order valence-electron chi connectivity index (χ2n) is 5.67. The van der Waals surface area contributed by atoms with Crippen molar-refractivity contribution in [1.82, 2.24) is 0 Å². The van der Waals surface area contributed by atoms with Crippen molar-refractivity contribution >= 4 is 34.4 Å². The van der Waals surface area contributed by atoms with Crippen molar-refractivity contribution in [2.75, 3.05) is 64.4 Å². The summed E-state index contributed by atoms with van der Waals surface area (Å²) in [5.74, 6) is 2.25. The molecule has 5 heteroatoms. The van der Waals surface area contributed by atoms with Crippen molar-refractivity contribution < 1.29 is 9.47 Å². The molecule has 128 valence electrons. The average Bonchev–Trinajstić information content (AvgIpc) is 2.66. The third-order valence-corrected chi connectivity index (χ3v) is 12.4. The fraction of sp³-hybridized carbons (Fsp3) is 0.556. The Morgan fingerprint density at radius 2 is 1.39 bits per heavy atom. The molecule has 2 nitrogen and oxygen atoms in total. The predicted molar refractivity (Wildman–Crippen MR) is 110 cm³/mol. The molecule has 0 radical (unpaired) electrons. The van der Waals surface area contributed by atoms with E-state index in [1.807, 2.05) is 14.2 Å². The minimum absolute atomic E-state index is 0.00134. The molecule has 0 aliphatic carbocycles. The van der Waals surface area contributed by atoms with Crippen LogP contribution in [0.25, 0.3) is 0 Å². The van der Waals surface area contributed by atoms with Crippen LogP contribution in [0.5, 0.6) is 0 Å².